The third kappa shape index (κ3) is 10.4. The van der Waals surface area contributed by atoms with Gasteiger partial charge in [-0.15, -0.1) is 24.0 Å². The fraction of sp³-hybridized carbons (Fsp3) is 0.500. The number of sulfonamides is 1. The molecule has 0 saturated carbocycles. The maximum absolute atomic E-state index is 12.1. The zero-order valence-electron chi connectivity index (χ0n) is 13.9. The monoisotopic (exact) mass is 528 g/mol. The molecule has 0 atom stereocenters. The Morgan fingerprint density at radius 1 is 1.23 bits per heavy atom. The summed E-state index contributed by atoms with van der Waals surface area (Å²) in [4.78, 5) is 3.82. The highest BCUT2D eigenvalue weighted by molar-refractivity contribution is 14.0. The number of nitrogens with zero attached hydrogens (tertiary/aromatic N) is 1. The lowest BCUT2D eigenvalue weighted by atomic mass is 10.4. The van der Waals surface area contributed by atoms with Crippen molar-refractivity contribution in [1.82, 2.24) is 15.4 Å². The van der Waals surface area contributed by atoms with E-state index in [1.807, 2.05) is 0 Å². The van der Waals surface area contributed by atoms with Crippen molar-refractivity contribution < 1.29 is 21.6 Å². The average Bonchev–Trinajstić information content (AvgIpc) is 2.50. The summed E-state index contributed by atoms with van der Waals surface area (Å²) < 4.78 is 62.9. The van der Waals surface area contributed by atoms with E-state index in [-0.39, 0.29) is 47.9 Å². The molecule has 3 N–H and O–H groups in total. The maximum atomic E-state index is 12.1. The van der Waals surface area contributed by atoms with Gasteiger partial charge in [0.25, 0.3) is 0 Å². The topological polar surface area (TPSA) is 82.6 Å². The molecule has 0 saturated heterocycles. The highest BCUT2D eigenvalue weighted by Gasteiger charge is 2.26. The van der Waals surface area contributed by atoms with Gasteiger partial charge in [-0.05, 0) is 25.1 Å². The van der Waals surface area contributed by atoms with Crippen molar-refractivity contribution in [2.24, 2.45) is 4.99 Å². The lowest BCUT2D eigenvalue weighted by Crippen LogP contribution is -2.41. The second-order valence-corrected chi connectivity index (χ2v) is 7.11. The smallest absolute Gasteiger partial charge is 0.357 e. The number of rotatable bonds is 8. The van der Waals surface area contributed by atoms with Gasteiger partial charge >= 0.3 is 6.18 Å². The first-order valence-electron chi connectivity index (χ1n) is 7.48. The van der Waals surface area contributed by atoms with E-state index in [0.29, 0.717) is 11.6 Å². The Morgan fingerprint density at radius 3 is 2.50 bits per heavy atom. The number of aliphatic imine (C=N–C) groups is 1. The standard InChI is InChI=1S/C14H20ClF3N4O2S.HI/c1-2-19-13(20-7-6-14(16,17)18)21-8-9-22-25(23,24)12-5-3-4-11(15)10-12;/h3-5,10,22H,2,6-9H2,1H3,(H2,19,20,21);1H. The van der Waals surface area contributed by atoms with Gasteiger partial charge in [0, 0.05) is 24.7 Å². The van der Waals surface area contributed by atoms with Crippen LogP contribution in [0.15, 0.2) is 34.2 Å². The molecular weight excluding hydrogens is 508 g/mol. The van der Waals surface area contributed by atoms with Gasteiger partial charge in [0.1, 0.15) is 0 Å². The SMILES string of the molecule is CCNC(=NCCC(F)(F)F)NCCNS(=O)(=O)c1cccc(Cl)c1.I. The molecule has 12 heteroatoms. The van der Waals surface area contributed by atoms with Gasteiger partial charge < -0.3 is 10.6 Å². The number of nitrogens with one attached hydrogen (secondary N) is 3. The quantitative estimate of drug-likeness (QED) is 0.210. The highest BCUT2D eigenvalue weighted by atomic mass is 127. The normalized spacial score (nSPS) is 12.4. The summed E-state index contributed by atoms with van der Waals surface area (Å²) in [5.41, 5.74) is 0. The van der Waals surface area contributed by atoms with E-state index in [1.54, 1.807) is 13.0 Å². The molecule has 0 spiro atoms. The van der Waals surface area contributed by atoms with Crippen LogP contribution in [0.2, 0.25) is 5.02 Å². The van der Waals surface area contributed by atoms with E-state index in [0.717, 1.165) is 0 Å². The molecule has 1 rings (SSSR count). The van der Waals surface area contributed by atoms with Crippen molar-refractivity contribution in [3.63, 3.8) is 0 Å². The molecule has 0 aliphatic rings. The first-order chi connectivity index (χ1) is 11.6. The first-order valence-corrected chi connectivity index (χ1v) is 9.34. The van der Waals surface area contributed by atoms with E-state index >= 15 is 0 Å². The van der Waals surface area contributed by atoms with Gasteiger partial charge in [0.2, 0.25) is 10.0 Å². The summed E-state index contributed by atoms with van der Waals surface area (Å²) in [6, 6.07) is 5.80. The summed E-state index contributed by atoms with van der Waals surface area (Å²) in [6.45, 7) is 2.00. The number of benzene rings is 1. The largest absolute Gasteiger partial charge is 0.390 e. The van der Waals surface area contributed by atoms with Crippen LogP contribution in [0.25, 0.3) is 0 Å². The molecule has 0 fully saturated rings. The fourth-order valence-electron chi connectivity index (χ4n) is 1.72. The molecule has 150 valence electrons. The minimum absolute atomic E-state index is 0. The summed E-state index contributed by atoms with van der Waals surface area (Å²) >= 11 is 5.76. The molecule has 26 heavy (non-hydrogen) atoms. The van der Waals surface area contributed by atoms with E-state index in [1.165, 1.54) is 18.2 Å². The van der Waals surface area contributed by atoms with Crippen molar-refractivity contribution in [2.75, 3.05) is 26.2 Å². The van der Waals surface area contributed by atoms with Crippen molar-refractivity contribution in [3.05, 3.63) is 29.3 Å². The lowest BCUT2D eigenvalue weighted by molar-refractivity contribution is -0.132. The van der Waals surface area contributed by atoms with Crippen molar-refractivity contribution >= 4 is 51.6 Å². The van der Waals surface area contributed by atoms with Gasteiger partial charge in [-0.3, -0.25) is 4.99 Å². The third-order valence-corrected chi connectivity index (χ3v) is 4.52. The van der Waals surface area contributed by atoms with Gasteiger partial charge in [-0.25, -0.2) is 13.1 Å². The number of halogens is 5. The van der Waals surface area contributed by atoms with Crippen LogP contribution in [-0.4, -0.2) is 46.7 Å². The summed E-state index contributed by atoms with van der Waals surface area (Å²) in [6.07, 6.45) is -5.29. The zero-order chi connectivity index (χ0) is 18.9. The van der Waals surface area contributed by atoms with E-state index < -0.39 is 29.2 Å². The first kappa shape index (κ1) is 25.2. The summed E-state index contributed by atoms with van der Waals surface area (Å²) in [5, 5.41) is 5.84. The van der Waals surface area contributed by atoms with E-state index in [4.69, 9.17) is 11.6 Å². The van der Waals surface area contributed by atoms with Gasteiger partial charge in [-0.1, -0.05) is 17.7 Å². The highest BCUT2D eigenvalue weighted by Crippen LogP contribution is 2.18. The minimum Gasteiger partial charge on any atom is -0.357 e. The third-order valence-electron chi connectivity index (χ3n) is 2.83. The molecule has 0 aromatic heterocycles. The van der Waals surface area contributed by atoms with E-state index in [2.05, 4.69) is 20.3 Å². The summed E-state index contributed by atoms with van der Waals surface area (Å²) in [7, 11) is -3.71. The summed E-state index contributed by atoms with van der Waals surface area (Å²) in [5.74, 6) is 0.189. The van der Waals surface area contributed by atoms with Crippen LogP contribution in [0.1, 0.15) is 13.3 Å². The van der Waals surface area contributed by atoms with Gasteiger partial charge in [0.05, 0.1) is 17.9 Å². The van der Waals surface area contributed by atoms with Crippen molar-refractivity contribution in [3.8, 4) is 0 Å². The van der Waals surface area contributed by atoms with Crippen LogP contribution in [0, 0.1) is 0 Å². The van der Waals surface area contributed by atoms with Crippen LogP contribution in [0.4, 0.5) is 13.2 Å². The second kappa shape index (κ2) is 11.8. The average molecular weight is 529 g/mol. The van der Waals surface area contributed by atoms with Crippen molar-refractivity contribution in [1.29, 1.82) is 0 Å². The van der Waals surface area contributed by atoms with Gasteiger partial charge in [-0.2, -0.15) is 13.2 Å². The van der Waals surface area contributed by atoms with Crippen LogP contribution in [0.3, 0.4) is 0 Å². The molecule has 0 bridgehead atoms. The van der Waals surface area contributed by atoms with Gasteiger partial charge in [0.15, 0.2) is 5.96 Å². The fourth-order valence-corrected chi connectivity index (χ4v) is 3.05. The van der Waals surface area contributed by atoms with Crippen LogP contribution < -0.4 is 15.4 Å². The number of alkyl halides is 3. The molecule has 0 aliphatic heterocycles. The Bertz CT molecular complexity index is 687. The zero-order valence-corrected chi connectivity index (χ0v) is 17.8. The van der Waals surface area contributed by atoms with Crippen LogP contribution in [-0.2, 0) is 10.0 Å². The number of guanidine groups is 1. The maximum Gasteiger partial charge on any atom is 0.390 e. The van der Waals surface area contributed by atoms with Crippen molar-refractivity contribution in [2.45, 2.75) is 24.4 Å². The number of hydrogen-bond donors (Lipinski definition) is 3. The molecule has 1 aromatic rings. The Labute approximate surface area is 173 Å². The molecule has 1 aromatic carbocycles. The molecule has 6 nitrogen and oxygen atoms in total. The Kier molecular flexibility index (Phi) is 11.5. The minimum atomic E-state index is -4.27. The molecule has 0 amide bonds. The lowest BCUT2D eigenvalue weighted by Gasteiger charge is -2.12. The Hall–Kier alpha value is -0.790. The van der Waals surface area contributed by atoms with E-state index in [9.17, 15) is 21.6 Å². The number of hydrogen-bond acceptors (Lipinski definition) is 3. The molecule has 0 radical (unpaired) electrons. The Morgan fingerprint density at radius 2 is 1.92 bits per heavy atom. The Balaban J connectivity index is 0.00000625. The molecule has 0 aliphatic carbocycles. The second-order valence-electron chi connectivity index (χ2n) is 4.91. The predicted octanol–water partition coefficient (Wildman–Crippen LogP) is 2.74. The predicted molar refractivity (Wildman–Crippen MR) is 107 cm³/mol. The van der Waals surface area contributed by atoms with Crippen LogP contribution >= 0.6 is 35.6 Å². The molecule has 0 unspecified atom stereocenters. The molecule has 0 heterocycles. The van der Waals surface area contributed by atoms with Crippen LogP contribution in [0.5, 0.6) is 0 Å². The molecular formula is C14H21ClF3IN4O2S.